The minimum Gasteiger partial charge on any atom is -0.292 e. The Morgan fingerprint density at radius 3 is 2.58 bits per heavy atom. The Bertz CT molecular complexity index is 603. The number of nitro groups is 1. The fourth-order valence-corrected chi connectivity index (χ4v) is 2.29. The van der Waals surface area contributed by atoms with E-state index in [1.165, 1.54) is 23.9 Å². The van der Waals surface area contributed by atoms with Gasteiger partial charge in [0.25, 0.3) is 5.69 Å². The number of hydrogen-bond acceptors (Lipinski definition) is 7. The van der Waals surface area contributed by atoms with Crippen molar-refractivity contribution in [1.29, 1.82) is 0 Å². The average Bonchev–Trinajstić information content (AvgIpc) is 2.38. The first kappa shape index (κ1) is 13.2. The molecule has 0 atom stereocenters. The predicted molar refractivity (Wildman–Crippen MR) is 71.8 cm³/mol. The van der Waals surface area contributed by atoms with Gasteiger partial charge in [-0.25, -0.2) is 15.8 Å². The second kappa shape index (κ2) is 5.63. The number of hydrazine groups is 1. The molecule has 0 saturated carbocycles. The first-order chi connectivity index (χ1) is 9.08. The standard InChI is InChI=1S/C11H11N5O2S/c1-7-6-10(14-11(13-7)15-12)19-9-4-2-8(3-5-9)16(17)18/h2-6H,12H2,1H3,(H,13,14,15). The van der Waals surface area contributed by atoms with E-state index >= 15 is 0 Å². The minimum absolute atomic E-state index is 0.0625. The Hall–Kier alpha value is -2.19. The van der Waals surface area contributed by atoms with Gasteiger partial charge in [-0.1, -0.05) is 11.8 Å². The minimum atomic E-state index is -0.431. The second-order valence-electron chi connectivity index (χ2n) is 3.67. The van der Waals surface area contributed by atoms with Gasteiger partial charge in [0.15, 0.2) is 0 Å². The highest BCUT2D eigenvalue weighted by Gasteiger charge is 2.07. The molecule has 0 saturated heterocycles. The molecule has 19 heavy (non-hydrogen) atoms. The lowest BCUT2D eigenvalue weighted by Crippen LogP contribution is -2.11. The van der Waals surface area contributed by atoms with Gasteiger partial charge in [-0.15, -0.1) is 0 Å². The van der Waals surface area contributed by atoms with Crippen molar-refractivity contribution in [3.8, 4) is 0 Å². The van der Waals surface area contributed by atoms with E-state index < -0.39 is 4.92 Å². The summed E-state index contributed by atoms with van der Waals surface area (Å²) >= 11 is 1.38. The maximum Gasteiger partial charge on any atom is 0.269 e. The number of anilines is 1. The summed E-state index contributed by atoms with van der Waals surface area (Å²) in [5.74, 6) is 5.61. The van der Waals surface area contributed by atoms with Crippen LogP contribution in [0.1, 0.15) is 5.69 Å². The van der Waals surface area contributed by atoms with Gasteiger partial charge in [-0.05, 0) is 25.1 Å². The molecule has 3 N–H and O–H groups in total. The number of aromatic nitrogens is 2. The van der Waals surface area contributed by atoms with Crippen LogP contribution in [0.3, 0.4) is 0 Å². The molecule has 2 rings (SSSR count). The third-order valence-electron chi connectivity index (χ3n) is 2.23. The molecule has 0 amide bonds. The zero-order valence-electron chi connectivity index (χ0n) is 10.0. The van der Waals surface area contributed by atoms with E-state index in [9.17, 15) is 10.1 Å². The Kier molecular flexibility index (Phi) is 3.93. The summed E-state index contributed by atoms with van der Waals surface area (Å²) in [6.45, 7) is 1.84. The van der Waals surface area contributed by atoms with Gasteiger partial charge < -0.3 is 0 Å². The van der Waals surface area contributed by atoms with Crippen LogP contribution in [0.4, 0.5) is 11.6 Å². The summed E-state index contributed by atoms with van der Waals surface area (Å²) in [6.07, 6.45) is 0. The summed E-state index contributed by atoms with van der Waals surface area (Å²) in [6, 6.07) is 8.08. The molecule has 98 valence electrons. The molecule has 0 aliphatic heterocycles. The van der Waals surface area contributed by atoms with Crippen LogP contribution in [0, 0.1) is 17.0 Å². The maximum absolute atomic E-state index is 10.6. The Morgan fingerprint density at radius 2 is 2.00 bits per heavy atom. The highest BCUT2D eigenvalue weighted by Crippen LogP contribution is 2.28. The van der Waals surface area contributed by atoms with Crippen LogP contribution in [-0.4, -0.2) is 14.9 Å². The topological polar surface area (TPSA) is 107 Å². The molecule has 0 unspecified atom stereocenters. The van der Waals surface area contributed by atoms with Gasteiger partial charge in [0, 0.05) is 22.7 Å². The molecule has 2 aromatic rings. The number of nitrogen functional groups attached to an aromatic ring is 1. The fraction of sp³-hybridized carbons (Fsp3) is 0.0909. The molecule has 7 nitrogen and oxygen atoms in total. The van der Waals surface area contributed by atoms with Crippen molar-refractivity contribution in [3.63, 3.8) is 0 Å². The smallest absolute Gasteiger partial charge is 0.269 e. The summed E-state index contributed by atoms with van der Waals surface area (Å²) in [4.78, 5) is 19.2. The van der Waals surface area contributed by atoms with E-state index in [1.54, 1.807) is 12.1 Å². The van der Waals surface area contributed by atoms with Crippen LogP contribution >= 0.6 is 11.8 Å². The zero-order chi connectivity index (χ0) is 13.8. The van der Waals surface area contributed by atoms with Crippen molar-refractivity contribution in [2.75, 3.05) is 5.43 Å². The number of hydrogen-bond donors (Lipinski definition) is 2. The lowest BCUT2D eigenvalue weighted by Gasteiger charge is -2.04. The second-order valence-corrected chi connectivity index (χ2v) is 4.76. The number of rotatable bonds is 4. The van der Waals surface area contributed by atoms with E-state index in [2.05, 4.69) is 15.4 Å². The van der Waals surface area contributed by atoms with Gasteiger partial charge in [0.1, 0.15) is 5.03 Å². The SMILES string of the molecule is Cc1cc(Sc2ccc([N+](=O)[O-])cc2)nc(NN)n1. The molecule has 1 aromatic carbocycles. The number of non-ortho nitro benzene ring substituents is 1. The predicted octanol–water partition coefficient (Wildman–Crippen LogP) is 2.13. The number of benzene rings is 1. The molecule has 0 fully saturated rings. The molecule has 1 heterocycles. The van der Waals surface area contributed by atoms with Gasteiger partial charge >= 0.3 is 0 Å². The first-order valence-corrected chi connectivity index (χ1v) is 6.15. The molecular formula is C11H11N5O2S. The number of nitrogens with one attached hydrogen (secondary N) is 1. The maximum atomic E-state index is 10.6. The highest BCUT2D eigenvalue weighted by atomic mass is 32.2. The van der Waals surface area contributed by atoms with Gasteiger partial charge in [0.2, 0.25) is 5.95 Å². The van der Waals surface area contributed by atoms with Crippen molar-refractivity contribution in [2.24, 2.45) is 5.84 Å². The summed E-state index contributed by atoms with van der Waals surface area (Å²) < 4.78 is 0. The summed E-state index contributed by atoms with van der Waals surface area (Å²) in [7, 11) is 0. The summed E-state index contributed by atoms with van der Waals surface area (Å²) in [5.41, 5.74) is 3.24. The Labute approximate surface area is 113 Å². The number of nitrogens with zero attached hydrogens (tertiary/aromatic N) is 3. The average molecular weight is 277 g/mol. The zero-order valence-corrected chi connectivity index (χ0v) is 10.8. The molecule has 8 heteroatoms. The van der Waals surface area contributed by atoms with Crippen LogP contribution in [0.5, 0.6) is 0 Å². The Morgan fingerprint density at radius 1 is 1.32 bits per heavy atom. The normalized spacial score (nSPS) is 10.2. The van der Waals surface area contributed by atoms with E-state index in [4.69, 9.17) is 5.84 Å². The van der Waals surface area contributed by atoms with Crippen molar-refractivity contribution < 1.29 is 4.92 Å². The van der Waals surface area contributed by atoms with E-state index in [1.807, 2.05) is 13.0 Å². The third-order valence-corrected chi connectivity index (χ3v) is 3.16. The van der Waals surface area contributed by atoms with Crippen molar-refractivity contribution in [2.45, 2.75) is 16.8 Å². The number of nitro benzene ring substituents is 1. The van der Waals surface area contributed by atoms with Crippen LogP contribution in [0.2, 0.25) is 0 Å². The summed E-state index contributed by atoms with van der Waals surface area (Å²) in [5, 5.41) is 11.3. The molecule has 1 aromatic heterocycles. The van der Waals surface area contributed by atoms with Crippen LogP contribution in [-0.2, 0) is 0 Å². The number of nitrogens with two attached hydrogens (primary N) is 1. The fourth-order valence-electron chi connectivity index (χ4n) is 1.41. The van der Waals surface area contributed by atoms with Crippen LogP contribution in [0.25, 0.3) is 0 Å². The van der Waals surface area contributed by atoms with E-state index in [-0.39, 0.29) is 5.69 Å². The molecule has 0 bridgehead atoms. The van der Waals surface area contributed by atoms with Crippen molar-refractivity contribution in [3.05, 3.63) is 46.1 Å². The lowest BCUT2D eigenvalue weighted by atomic mass is 10.3. The van der Waals surface area contributed by atoms with E-state index in [0.717, 1.165) is 10.6 Å². The van der Waals surface area contributed by atoms with E-state index in [0.29, 0.717) is 11.0 Å². The van der Waals surface area contributed by atoms with Gasteiger partial charge in [0.05, 0.1) is 4.92 Å². The number of aryl methyl sites for hydroxylation is 1. The van der Waals surface area contributed by atoms with Crippen molar-refractivity contribution >= 4 is 23.4 Å². The van der Waals surface area contributed by atoms with Gasteiger partial charge in [-0.3, -0.25) is 15.5 Å². The largest absolute Gasteiger partial charge is 0.292 e. The van der Waals surface area contributed by atoms with Crippen LogP contribution < -0.4 is 11.3 Å². The lowest BCUT2D eigenvalue weighted by molar-refractivity contribution is -0.384. The highest BCUT2D eigenvalue weighted by molar-refractivity contribution is 7.99. The third kappa shape index (κ3) is 3.39. The van der Waals surface area contributed by atoms with Crippen LogP contribution in [0.15, 0.2) is 40.3 Å². The molecule has 0 aliphatic carbocycles. The molecule has 0 spiro atoms. The molecular weight excluding hydrogens is 266 g/mol. The van der Waals surface area contributed by atoms with Gasteiger partial charge in [-0.2, -0.15) is 0 Å². The molecule has 0 aliphatic rings. The molecule has 0 radical (unpaired) electrons. The quantitative estimate of drug-likeness (QED) is 0.381. The van der Waals surface area contributed by atoms with Crippen molar-refractivity contribution in [1.82, 2.24) is 9.97 Å². The Balaban J connectivity index is 2.21. The first-order valence-electron chi connectivity index (χ1n) is 5.33. The monoisotopic (exact) mass is 277 g/mol.